The zero-order valence-electron chi connectivity index (χ0n) is 13.6. The number of nitrogens with two attached hydrogens (primary N) is 1. The zero-order valence-corrected chi connectivity index (χ0v) is 13.6. The Morgan fingerprint density at radius 2 is 2.22 bits per heavy atom. The highest BCUT2D eigenvalue weighted by atomic mass is 16.2. The smallest absolute Gasteiger partial charge is 0.234 e. The Bertz CT molecular complexity index is 593. The van der Waals surface area contributed by atoms with Crippen LogP contribution in [-0.4, -0.2) is 45.1 Å². The number of hydrogen-bond acceptors (Lipinski definition) is 4. The molecule has 1 aromatic rings. The van der Waals surface area contributed by atoms with Gasteiger partial charge in [-0.2, -0.15) is 5.10 Å². The maximum Gasteiger partial charge on any atom is 0.234 e. The molecule has 7 heteroatoms. The number of carbonyl (C=O) groups is 2. The largest absolute Gasteiger partial charge is 0.368 e. The van der Waals surface area contributed by atoms with Crippen LogP contribution in [0, 0.1) is 0 Å². The van der Waals surface area contributed by atoms with Crippen molar-refractivity contribution >= 4 is 11.8 Å². The molecule has 2 heterocycles. The van der Waals surface area contributed by atoms with Gasteiger partial charge in [0.05, 0.1) is 17.4 Å². The van der Waals surface area contributed by atoms with Crippen molar-refractivity contribution in [3.63, 3.8) is 0 Å². The minimum absolute atomic E-state index is 0.111. The summed E-state index contributed by atoms with van der Waals surface area (Å²) in [5.41, 5.74) is 7.46. The number of hydrogen-bond donors (Lipinski definition) is 2. The van der Waals surface area contributed by atoms with E-state index in [1.165, 1.54) is 0 Å². The van der Waals surface area contributed by atoms with Crippen molar-refractivity contribution in [3.05, 3.63) is 17.5 Å². The van der Waals surface area contributed by atoms with Crippen LogP contribution >= 0.6 is 0 Å². The predicted octanol–water partition coefficient (Wildman–Crippen LogP) is 0.174. The van der Waals surface area contributed by atoms with E-state index in [2.05, 4.69) is 21.4 Å². The molecule has 126 valence electrons. The van der Waals surface area contributed by atoms with Crippen LogP contribution in [0.15, 0.2) is 6.07 Å². The van der Waals surface area contributed by atoms with E-state index in [1.54, 1.807) is 0 Å². The van der Waals surface area contributed by atoms with Gasteiger partial charge in [-0.05, 0) is 32.3 Å². The van der Waals surface area contributed by atoms with E-state index >= 15 is 0 Å². The number of fused-ring (bicyclic) bond motifs is 1. The molecule has 1 fully saturated rings. The first-order valence-corrected chi connectivity index (χ1v) is 8.41. The Balaban J connectivity index is 1.59. The fourth-order valence-electron chi connectivity index (χ4n) is 2.95. The Hall–Kier alpha value is -1.89. The van der Waals surface area contributed by atoms with Crippen molar-refractivity contribution in [2.45, 2.75) is 64.2 Å². The van der Waals surface area contributed by atoms with Crippen molar-refractivity contribution in [1.82, 2.24) is 20.0 Å². The third kappa shape index (κ3) is 4.10. The number of primary amides is 1. The molecule has 0 saturated heterocycles. The first kappa shape index (κ1) is 16.0. The molecule has 2 aliphatic rings. The van der Waals surface area contributed by atoms with Gasteiger partial charge in [-0.15, -0.1) is 0 Å². The van der Waals surface area contributed by atoms with Gasteiger partial charge in [0.15, 0.2) is 0 Å². The van der Waals surface area contributed by atoms with E-state index in [0.717, 1.165) is 43.7 Å². The highest BCUT2D eigenvalue weighted by Crippen LogP contribution is 2.19. The maximum atomic E-state index is 11.8. The molecule has 1 aromatic heterocycles. The molecule has 7 nitrogen and oxygen atoms in total. The number of amides is 2. The van der Waals surface area contributed by atoms with Gasteiger partial charge in [0, 0.05) is 38.5 Å². The van der Waals surface area contributed by atoms with Crippen LogP contribution in [0.1, 0.15) is 44.0 Å². The van der Waals surface area contributed by atoms with Gasteiger partial charge >= 0.3 is 0 Å². The summed E-state index contributed by atoms with van der Waals surface area (Å²) >= 11 is 0. The second kappa shape index (κ2) is 6.70. The van der Waals surface area contributed by atoms with Crippen molar-refractivity contribution in [2.24, 2.45) is 5.73 Å². The minimum atomic E-state index is -0.296. The molecule has 3 N–H and O–H groups in total. The van der Waals surface area contributed by atoms with Gasteiger partial charge in [-0.3, -0.25) is 19.2 Å². The lowest BCUT2D eigenvalue weighted by Gasteiger charge is -2.24. The fraction of sp³-hybridized carbons (Fsp3) is 0.688. The van der Waals surface area contributed by atoms with Gasteiger partial charge < -0.3 is 11.1 Å². The standard InChI is InChI=1S/C16H25N5O2/c1-11(16(17)23)20-7-2-8-21-14(10-20)9-13(19-21)5-6-15(22)18-12-3-4-12/h9,11-12H,2-8,10H2,1H3,(H2,17,23)(H,18,22)/t11-/m1/s1. The molecule has 1 atom stereocenters. The second-order valence-corrected chi connectivity index (χ2v) is 6.59. The lowest BCUT2D eigenvalue weighted by molar-refractivity contribution is -0.123. The predicted molar refractivity (Wildman–Crippen MR) is 85.4 cm³/mol. The van der Waals surface area contributed by atoms with Crippen molar-refractivity contribution < 1.29 is 9.59 Å². The molecule has 23 heavy (non-hydrogen) atoms. The summed E-state index contributed by atoms with van der Waals surface area (Å²) in [7, 11) is 0. The molecule has 0 aromatic carbocycles. The summed E-state index contributed by atoms with van der Waals surface area (Å²) in [6, 6.07) is 2.19. The van der Waals surface area contributed by atoms with Gasteiger partial charge in [-0.1, -0.05) is 0 Å². The molecular weight excluding hydrogens is 294 g/mol. The molecule has 0 radical (unpaired) electrons. The molecular formula is C16H25N5O2. The van der Waals surface area contributed by atoms with Crippen molar-refractivity contribution in [2.75, 3.05) is 6.54 Å². The molecule has 0 spiro atoms. The van der Waals surface area contributed by atoms with Crippen LogP contribution in [0.2, 0.25) is 0 Å². The van der Waals surface area contributed by atoms with Gasteiger partial charge in [-0.25, -0.2) is 0 Å². The van der Waals surface area contributed by atoms with E-state index in [-0.39, 0.29) is 17.9 Å². The number of rotatable bonds is 6. The van der Waals surface area contributed by atoms with Crippen LogP contribution in [0.25, 0.3) is 0 Å². The van der Waals surface area contributed by atoms with Crippen LogP contribution in [0.4, 0.5) is 0 Å². The molecule has 0 bridgehead atoms. The summed E-state index contributed by atoms with van der Waals surface area (Å²) < 4.78 is 2.00. The minimum Gasteiger partial charge on any atom is -0.368 e. The summed E-state index contributed by atoms with van der Waals surface area (Å²) in [6.07, 6.45) is 4.29. The number of aromatic nitrogens is 2. The molecule has 1 aliphatic carbocycles. The zero-order chi connectivity index (χ0) is 16.4. The molecule has 1 saturated carbocycles. The first-order valence-electron chi connectivity index (χ1n) is 8.41. The molecule has 0 unspecified atom stereocenters. The Morgan fingerprint density at radius 1 is 1.43 bits per heavy atom. The fourth-order valence-corrected chi connectivity index (χ4v) is 2.95. The summed E-state index contributed by atoms with van der Waals surface area (Å²) in [4.78, 5) is 25.3. The van der Waals surface area contributed by atoms with Gasteiger partial charge in [0.1, 0.15) is 0 Å². The highest BCUT2D eigenvalue weighted by molar-refractivity contribution is 5.79. The first-order chi connectivity index (χ1) is 11.0. The summed E-state index contributed by atoms with van der Waals surface area (Å²) in [6.45, 7) is 4.20. The van der Waals surface area contributed by atoms with E-state index in [4.69, 9.17) is 5.73 Å². The van der Waals surface area contributed by atoms with E-state index in [0.29, 0.717) is 25.4 Å². The highest BCUT2D eigenvalue weighted by Gasteiger charge is 2.25. The Morgan fingerprint density at radius 3 is 2.91 bits per heavy atom. The maximum absolute atomic E-state index is 11.8. The van der Waals surface area contributed by atoms with E-state index in [1.807, 2.05) is 11.6 Å². The van der Waals surface area contributed by atoms with Crippen molar-refractivity contribution in [1.29, 1.82) is 0 Å². The normalized spacial score (nSPS) is 19.7. The lowest BCUT2D eigenvalue weighted by atomic mass is 10.2. The average molecular weight is 319 g/mol. The summed E-state index contributed by atoms with van der Waals surface area (Å²) in [5.74, 6) is -0.186. The number of nitrogens with one attached hydrogen (secondary N) is 1. The van der Waals surface area contributed by atoms with E-state index in [9.17, 15) is 9.59 Å². The number of nitrogens with zero attached hydrogens (tertiary/aromatic N) is 3. The van der Waals surface area contributed by atoms with Crippen molar-refractivity contribution in [3.8, 4) is 0 Å². The van der Waals surface area contributed by atoms with Crippen LogP contribution in [0.5, 0.6) is 0 Å². The van der Waals surface area contributed by atoms with Crippen LogP contribution in [-0.2, 0) is 29.1 Å². The third-order valence-corrected chi connectivity index (χ3v) is 4.60. The monoisotopic (exact) mass is 319 g/mol. The molecule has 2 amide bonds. The second-order valence-electron chi connectivity index (χ2n) is 6.59. The molecule has 3 rings (SSSR count). The number of aryl methyl sites for hydroxylation is 2. The lowest BCUT2D eigenvalue weighted by Crippen LogP contribution is -2.42. The van der Waals surface area contributed by atoms with Crippen LogP contribution < -0.4 is 11.1 Å². The van der Waals surface area contributed by atoms with E-state index < -0.39 is 0 Å². The Labute approximate surface area is 136 Å². The summed E-state index contributed by atoms with van der Waals surface area (Å²) in [5, 5.41) is 7.61. The van der Waals surface area contributed by atoms with Crippen LogP contribution in [0.3, 0.4) is 0 Å². The molecule has 1 aliphatic heterocycles. The van der Waals surface area contributed by atoms with Gasteiger partial charge in [0.25, 0.3) is 0 Å². The Kier molecular flexibility index (Phi) is 4.66. The topological polar surface area (TPSA) is 93.2 Å². The number of carbonyl (C=O) groups excluding carboxylic acids is 2. The SMILES string of the molecule is C[C@H](C(N)=O)N1CCCn2nc(CCC(=O)NC3CC3)cc2C1. The quantitative estimate of drug-likeness (QED) is 0.782. The average Bonchev–Trinajstić information content (AvgIpc) is 3.27. The third-order valence-electron chi connectivity index (χ3n) is 4.60. The van der Waals surface area contributed by atoms with Gasteiger partial charge in [0.2, 0.25) is 11.8 Å².